The molecule has 0 fully saturated rings. The fourth-order valence-corrected chi connectivity index (χ4v) is 1.60. The number of carbonyl (C=O) groups excluding carboxylic acids is 1. The Morgan fingerprint density at radius 2 is 2.07 bits per heavy atom. The minimum absolute atomic E-state index is 0.162. The maximum absolute atomic E-state index is 11.6. The summed E-state index contributed by atoms with van der Waals surface area (Å²) in [6.45, 7) is 8.42. The second kappa shape index (κ2) is 4.58. The van der Waals surface area contributed by atoms with Gasteiger partial charge in [0.2, 0.25) is 5.91 Å². The average Bonchev–Trinajstić information content (AvgIpc) is 2.44. The molecule has 0 aliphatic carbocycles. The van der Waals surface area contributed by atoms with Gasteiger partial charge in [0, 0.05) is 5.71 Å². The third-order valence-corrected chi connectivity index (χ3v) is 2.51. The standard InChI is InChI=1S/C11H20N2O/c1-5-9(4)13-11(14)7-10(12-13)6-8(2)3/h8-9H,5-7H2,1-4H3. The van der Waals surface area contributed by atoms with E-state index in [1.54, 1.807) is 5.01 Å². The molecule has 3 heteroatoms. The minimum Gasteiger partial charge on any atom is -0.273 e. The van der Waals surface area contributed by atoms with Crippen LogP contribution in [0.1, 0.15) is 47.0 Å². The minimum atomic E-state index is 0.162. The molecule has 1 aliphatic rings. The van der Waals surface area contributed by atoms with Crippen molar-refractivity contribution in [1.82, 2.24) is 5.01 Å². The fourth-order valence-electron chi connectivity index (χ4n) is 1.60. The first kappa shape index (κ1) is 11.2. The van der Waals surface area contributed by atoms with Crippen molar-refractivity contribution in [3.63, 3.8) is 0 Å². The smallest absolute Gasteiger partial charge is 0.248 e. The summed E-state index contributed by atoms with van der Waals surface area (Å²) >= 11 is 0. The summed E-state index contributed by atoms with van der Waals surface area (Å²) in [6, 6.07) is 0.243. The molecule has 0 aromatic rings. The maximum atomic E-state index is 11.6. The van der Waals surface area contributed by atoms with Crippen LogP contribution in [0.2, 0.25) is 0 Å². The fraction of sp³-hybridized carbons (Fsp3) is 0.818. The molecule has 1 rings (SSSR count). The highest BCUT2D eigenvalue weighted by Crippen LogP contribution is 2.17. The summed E-state index contributed by atoms with van der Waals surface area (Å²) in [4.78, 5) is 11.6. The molecule has 80 valence electrons. The van der Waals surface area contributed by atoms with Crippen molar-refractivity contribution in [2.45, 2.75) is 53.0 Å². The third kappa shape index (κ3) is 2.56. The molecule has 0 aromatic carbocycles. The molecular weight excluding hydrogens is 176 g/mol. The van der Waals surface area contributed by atoms with Gasteiger partial charge in [0.25, 0.3) is 0 Å². The maximum Gasteiger partial charge on any atom is 0.248 e. The average molecular weight is 196 g/mol. The van der Waals surface area contributed by atoms with Crippen LogP contribution in [0.3, 0.4) is 0 Å². The van der Waals surface area contributed by atoms with Crippen LogP contribution in [0.15, 0.2) is 5.10 Å². The quantitative estimate of drug-likeness (QED) is 0.679. The molecule has 0 spiro atoms. The van der Waals surface area contributed by atoms with Crippen LogP contribution in [0.25, 0.3) is 0 Å². The summed E-state index contributed by atoms with van der Waals surface area (Å²) < 4.78 is 0. The van der Waals surface area contributed by atoms with Gasteiger partial charge in [-0.05, 0) is 25.7 Å². The lowest BCUT2D eigenvalue weighted by molar-refractivity contribution is -0.130. The van der Waals surface area contributed by atoms with Gasteiger partial charge >= 0.3 is 0 Å². The molecule has 3 nitrogen and oxygen atoms in total. The number of hydrogen-bond acceptors (Lipinski definition) is 2. The van der Waals surface area contributed by atoms with Crippen molar-refractivity contribution in [3.8, 4) is 0 Å². The lowest BCUT2D eigenvalue weighted by atomic mass is 10.1. The Balaban J connectivity index is 2.62. The Labute approximate surface area is 86.2 Å². The lowest BCUT2D eigenvalue weighted by Crippen LogP contribution is -2.29. The molecule has 1 unspecified atom stereocenters. The number of hydrogen-bond donors (Lipinski definition) is 0. The van der Waals surface area contributed by atoms with Gasteiger partial charge < -0.3 is 0 Å². The first-order chi connectivity index (χ1) is 6.54. The summed E-state index contributed by atoms with van der Waals surface area (Å²) in [5.74, 6) is 0.744. The van der Waals surface area contributed by atoms with E-state index >= 15 is 0 Å². The molecule has 0 N–H and O–H groups in total. The number of hydrazone groups is 1. The molecule has 1 amide bonds. The van der Waals surface area contributed by atoms with Gasteiger partial charge in [0.15, 0.2) is 0 Å². The molecule has 14 heavy (non-hydrogen) atoms. The van der Waals surface area contributed by atoms with Crippen LogP contribution in [0.5, 0.6) is 0 Å². The van der Waals surface area contributed by atoms with Crippen LogP contribution < -0.4 is 0 Å². The van der Waals surface area contributed by atoms with Gasteiger partial charge in [-0.3, -0.25) is 4.79 Å². The number of nitrogens with zero attached hydrogens (tertiary/aromatic N) is 2. The van der Waals surface area contributed by atoms with E-state index < -0.39 is 0 Å². The number of rotatable bonds is 4. The lowest BCUT2D eigenvalue weighted by Gasteiger charge is -2.18. The van der Waals surface area contributed by atoms with Gasteiger partial charge in [-0.1, -0.05) is 20.8 Å². The summed E-state index contributed by atoms with van der Waals surface area (Å²) in [7, 11) is 0. The third-order valence-electron chi connectivity index (χ3n) is 2.51. The highest BCUT2D eigenvalue weighted by molar-refractivity contribution is 6.05. The Hall–Kier alpha value is -0.860. The van der Waals surface area contributed by atoms with Crippen LogP contribution in [0.4, 0.5) is 0 Å². The summed E-state index contributed by atoms with van der Waals surface area (Å²) in [5.41, 5.74) is 1.05. The van der Waals surface area contributed by atoms with Crippen molar-refractivity contribution >= 4 is 11.6 Å². The zero-order valence-corrected chi connectivity index (χ0v) is 9.58. The first-order valence-electron chi connectivity index (χ1n) is 5.43. The molecule has 1 aliphatic heterocycles. The Morgan fingerprint density at radius 1 is 1.43 bits per heavy atom. The van der Waals surface area contributed by atoms with E-state index in [1.165, 1.54) is 0 Å². The summed E-state index contributed by atoms with van der Waals surface area (Å²) in [6.07, 6.45) is 2.44. The van der Waals surface area contributed by atoms with Gasteiger partial charge in [-0.2, -0.15) is 5.10 Å². The van der Waals surface area contributed by atoms with Gasteiger partial charge in [0.1, 0.15) is 0 Å². The molecule has 0 bridgehead atoms. The van der Waals surface area contributed by atoms with Crippen molar-refractivity contribution in [2.24, 2.45) is 11.0 Å². The molecular formula is C11H20N2O. The highest BCUT2D eigenvalue weighted by atomic mass is 16.2. The number of amides is 1. The number of carbonyl (C=O) groups is 1. The molecule has 1 heterocycles. The van der Waals surface area contributed by atoms with Crippen LogP contribution in [0, 0.1) is 5.92 Å². The predicted octanol–water partition coefficient (Wildman–Crippen LogP) is 2.42. The van der Waals surface area contributed by atoms with E-state index in [0.29, 0.717) is 12.3 Å². The van der Waals surface area contributed by atoms with E-state index in [0.717, 1.165) is 18.6 Å². The normalized spacial score (nSPS) is 19.1. The Morgan fingerprint density at radius 3 is 2.57 bits per heavy atom. The monoisotopic (exact) mass is 196 g/mol. The topological polar surface area (TPSA) is 32.7 Å². The van der Waals surface area contributed by atoms with Crippen LogP contribution in [-0.4, -0.2) is 22.7 Å². The largest absolute Gasteiger partial charge is 0.273 e. The van der Waals surface area contributed by atoms with E-state index in [9.17, 15) is 4.79 Å². The Bertz CT molecular complexity index is 246. The van der Waals surface area contributed by atoms with Crippen LogP contribution in [-0.2, 0) is 4.79 Å². The zero-order chi connectivity index (χ0) is 10.7. The van der Waals surface area contributed by atoms with Crippen molar-refractivity contribution in [3.05, 3.63) is 0 Å². The Kier molecular flexibility index (Phi) is 3.67. The van der Waals surface area contributed by atoms with Crippen LogP contribution >= 0.6 is 0 Å². The second-order valence-electron chi connectivity index (χ2n) is 4.44. The van der Waals surface area contributed by atoms with E-state index in [-0.39, 0.29) is 11.9 Å². The predicted molar refractivity (Wildman–Crippen MR) is 58.1 cm³/mol. The SMILES string of the molecule is CCC(C)N1N=C(CC(C)C)CC1=O. The molecule has 0 aromatic heterocycles. The van der Waals surface area contributed by atoms with Gasteiger partial charge in [-0.25, -0.2) is 5.01 Å². The molecule has 0 saturated heterocycles. The van der Waals surface area contributed by atoms with Crippen molar-refractivity contribution in [1.29, 1.82) is 0 Å². The van der Waals surface area contributed by atoms with Crippen molar-refractivity contribution < 1.29 is 4.79 Å². The van der Waals surface area contributed by atoms with E-state index in [2.05, 4.69) is 25.9 Å². The van der Waals surface area contributed by atoms with E-state index in [4.69, 9.17) is 0 Å². The van der Waals surface area contributed by atoms with Gasteiger partial charge in [0.05, 0.1) is 12.5 Å². The molecule has 1 atom stereocenters. The second-order valence-corrected chi connectivity index (χ2v) is 4.44. The van der Waals surface area contributed by atoms with E-state index in [1.807, 2.05) is 6.92 Å². The van der Waals surface area contributed by atoms with Gasteiger partial charge in [-0.15, -0.1) is 0 Å². The molecule has 0 saturated carbocycles. The van der Waals surface area contributed by atoms with Crippen molar-refractivity contribution in [2.75, 3.05) is 0 Å². The summed E-state index contributed by atoms with van der Waals surface area (Å²) in [5, 5.41) is 6.03. The zero-order valence-electron chi connectivity index (χ0n) is 9.58. The highest BCUT2D eigenvalue weighted by Gasteiger charge is 2.26. The first-order valence-corrected chi connectivity index (χ1v) is 5.43. The molecule has 0 radical (unpaired) electrons.